The van der Waals surface area contributed by atoms with Crippen LogP contribution in [0.3, 0.4) is 0 Å². The maximum Gasteiger partial charge on any atom is 0.259 e. The molecule has 0 heterocycles. The Kier molecular flexibility index (Phi) is 7.64. The third-order valence-corrected chi connectivity index (χ3v) is 4.67. The number of carbonyl (C=O) groups is 2. The van der Waals surface area contributed by atoms with E-state index in [0.29, 0.717) is 23.7 Å². The van der Waals surface area contributed by atoms with Crippen LogP contribution in [0.1, 0.15) is 22.8 Å². The van der Waals surface area contributed by atoms with Gasteiger partial charge in [0.15, 0.2) is 11.5 Å². The van der Waals surface area contributed by atoms with Gasteiger partial charge in [-0.25, -0.2) is 5.43 Å². The second-order valence-electron chi connectivity index (χ2n) is 6.68. The summed E-state index contributed by atoms with van der Waals surface area (Å²) in [6, 6.07) is 16.3. The second kappa shape index (κ2) is 10.8. The molecule has 0 radical (unpaired) electrons. The quantitative estimate of drug-likeness (QED) is 0.398. The van der Waals surface area contributed by atoms with Crippen LogP contribution >= 0.6 is 0 Å². The molecule has 3 aromatic rings. The molecule has 32 heavy (non-hydrogen) atoms. The molecule has 2 N–H and O–H groups in total. The number of fused-ring (bicyclic) bond motifs is 1. The van der Waals surface area contributed by atoms with Crippen LogP contribution in [-0.4, -0.2) is 45.4 Å². The van der Waals surface area contributed by atoms with Gasteiger partial charge in [0.2, 0.25) is 0 Å². The first kappa shape index (κ1) is 22.6. The largest absolute Gasteiger partial charge is 0.493 e. The minimum Gasteiger partial charge on any atom is -0.493 e. The van der Waals surface area contributed by atoms with Crippen molar-refractivity contribution < 1.29 is 23.8 Å². The van der Waals surface area contributed by atoms with Gasteiger partial charge in [0.1, 0.15) is 5.75 Å². The molecule has 8 nitrogen and oxygen atoms in total. The molecule has 0 spiro atoms. The summed E-state index contributed by atoms with van der Waals surface area (Å²) in [5.41, 5.74) is 3.60. The minimum atomic E-state index is -0.453. The number of nitrogens with zero attached hydrogens (tertiary/aromatic N) is 1. The smallest absolute Gasteiger partial charge is 0.259 e. The van der Waals surface area contributed by atoms with E-state index in [0.717, 1.165) is 22.1 Å². The zero-order chi connectivity index (χ0) is 22.9. The van der Waals surface area contributed by atoms with Crippen molar-refractivity contribution in [2.24, 2.45) is 5.10 Å². The van der Waals surface area contributed by atoms with Crippen LogP contribution in [0.2, 0.25) is 0 Å². The van der Waals surface area contributed by atoms with Gasteiger partial charge in [-0.1, -0.05) is 24.3 Å². The van der Waals surface area contributed by atoms with Crippen LogP contribution in [0.15, 0.2) is 59.7 Å². The van der Waals surface area contributed by atoms with Gasteiger partial charge in [-0.05, 0) is 42.6 Å². The fraction of sp³-hybridized carbons (Fsp3) is 0.208. The van der Waals surface area contributed by atoms with E-state index < -0.39 is 11.8 Å². The van der Waals surface area contributed by atoms with Crippen molar-refractivity contribution in [1.82, 2.24) is 10.7 Å². The lowest BCUT2D eigenvalue weighted by Gasteiger charge is -2.10. The van der Waals surface area contributed by atoms with E-state index >= 15 is 0 Å². The number of ether oxygens (including phenoxy) is 3. The fourth-order valence-corrected chi connectivity index (χ4v) is 3.14. The Bertz CT molecular complexity index is 1140. The van der Waals surface area contributed by atoms with Crippen molar-refractivity contribution in [3.05, 3.63) is 65.7 Å². The standard InChI is InChI=1S/C24H25N3O5/c1-4-32-20-11-10-17(18-7-5-6-8-19(18)20)14-26-27-23(28)15-25-24(29)16-9-12-21(30-2)22(13-16)31-3/h5-14H,4,15H2,1-3H3,(H,25,29)(H,27,28). The molecule has 0 saturated heterocycles. The first-order valence-electron chi connectivity index (χ1n) is 10.0. The van der Waals surface area contributed by atoms with E-state index in [1.165, 1.54) is 14.2 Å². The fourth-order valence-electron chi connectivity index (χ4n) is 3.14. The van der Waals surface area contributed by atoms with Crippen LogP contribution < -0.4 is 25.0 Å². The highest BCUT2D eigenvalue weighted by Gasteiger charge is 2.12. The zero-order valence-electron chi connectivity index (χ0n) is 18.2. The number of methoxy groups -OCH3 is 2. The number of hydrogen-bond donors (Lipinski definition) is 2. The van der Waals surface area contributed by atoms with Gasteiger partial charge in [-0.2, -0.15) is 5.10 Å². The van der Waals surface area contributed by atoms with Crippen LogP contribution in [0.4, 0.5) is 0 Å². The predicted molar refractivity (Wildman–Crippen MR) is 123 cm³/mol. The van der Waals surface area contributed by atoms with Crippen molar-refractivity contribution >= 4 is 28.8 Å². The lowest BCUT2D eigenvalue weighted by molar-refractivity contribution is -0.120. The molecule has 0 unspecified atom stereocenters. The van der Waals surface area contributed by atoms with Gasteiger partial charge >= 0.3 is 0 Å². The van der Waals surface area contributed by atoms with Gasteiger partial charge in [-0.15, -0.1) is 0 Å². The van der Waals surface area contributed by atoms with E-state index in [-0.39, 0.29) is 6.54 Å². The first-order chi connectivity index (χ1) is 15.6. The minimum absolute atomic E-state index is 0.228. The Hall–Kier alpha value is -4.07. The van der Waals surface area contributed by atoms with Crippen LogP contribution in [-0.2, 0) is 4.79 Å². The Balaban J connectivity index is 1.59. The molecule has 0 aromatic heterocycles. The summed E-state index contributed by atoms with van der Waals surface area (Å²) in [5.74, 6) is 0.866. The molecule has 0 bridgehead atoms. The molecule has 0 saturated carbocycles. The van der Waals surface area contributed by atoms with Gasteiger partial charge < -0.3 is 19.5 Å². The highest BCUT2D eigenvalue weighted by molar-refractivity contribution is 6.02. The van der Waals surface area contributed by atoms with Gasteiger partial charge in [0, 0.05) is 16.5 Å². The third-order valence-electron chi connectivity index (χ3n) is 4.67. The predicted octanol–water partition coefficient (Wildman–Crippen LogP) is 3.14. The van der Waals surface area contributed by atoms with Crippen LogP contribution in [0.25, 0.3) is 10.8 Å². The lowest BCUT2D eigenvalue weighted by Crippen LogP contribution is -2.34. The molecule has 0 fully saturated rings. The van der Waals surface area contributed by atoms with E-state index in [4.69, 9.17) is 14.2 Å². The van der Waals surface area contributed by atoms with Crippen molar-refractivity contribution in [3.8, 4) is 17.2 Å². The Morgan fingerprint density at radius 2 is 1.66 bits per heavy atom. The zero-order valence-corrected chi connectivity index (χ0v) is 18.2. The average molecular weight is 435 g/mol. The lowest BCUT2D eigenvalue weighted by atomic mass is 10.0. The maximum atomic E-state index is 12.3. The first-order valence-corrected chi connectivity index (χ1v) is 10.0. The van der Waals surface area contributed by atoms with E-state index in [1.54, 1.807) is 24.4 Å². The highest BCUT2D eigenvalue weighted by atomic mass is 16.5. The number of benzene rings is 3. The van der Waals surface area contributed by atoms with Crippen LogP contribution in [0, 0.1) is 0 Å². The summed E-state index contributed by atoms with van der Waals surface area (Å²) in [6.45, 7) is 2.28. The van der Waals surface area contributed by atoms with Gasteiger partial charge in [0.05, 0.1) is 33.6 Å². The number of amides is 2. The number of hydrazone groups is 1. The summed E-state index contributed by atoms with van der Waals surface area (Å²) in [7, 11) is 3.00. The SMILES string of the molecule is CCOc1ccc(C=NNC(=O)CNC(=O)c2ccc(OC)c(OC)c2)c2ccccc12. The van der Waals surface area contributed by atoms with E-state index in [2.05, 4.69) is 15.8 Å². The third kappa shape index (κ3) is 5.34. The monoisotopic (exact) mass is 435 g/mol. The van der Waals surface area contributed by atoms with Crippen molar-refractivity contribution in [2.75, 3.05) is 27.4 Å². The van der Waals surface area contributed by atoms with E-state index in [1.807, 2.05) is 43.3 Å². The highest BCUT2D eigenvalue weighted by Crippen LogP contribution is 2.28. The van der Waals surface area contributed by atoms with E-state index in [9.17, 15) is 9.59 Å². The second-order valence-corrected chi connectivity index (χ2v) is 6.68. The molecule has 8 heteroatoms. The summed E-state index contributed by atoms with van der Waals surface area (Å²) >= 11 is 0. The molecule has 0 aliphatic heterocycles. The summed E-state index contributed by atoms with van der Waals surface area (Å²) in [5, 5.41) is 8.49. The number of nitrogens with one attached hydrogen (secondary N) is 2. The molecule has 3 aromatic carbocycles. The van der Waals surface area contributed by atoms with Crippen molar-refractivity contribution in [1.29, 1.82) is 0 Å². The summed E-state index contributed by atoms with van der Waals surface area (Å²) < 4.78 is 16.0. The number of hydrogen-bond acceptors (Lipinski definition) is 6. The molecule has 0 atom stereocenters. The summed E-state index contributed by atoms with van der Waals surface area (Å²) in [4.78, 5) is 24.4. The molecule has 0 aliphatic carbocycles. The summed E-state index contributed by atoms with van der Waals surface area (Å²) in [6.07, 6.45) is 1.56. The molecular formula is C24H25N3O5. The molecular weight excluding hydrogens is 410 g/mol. The maximum absolute atomic E-state index is 12.3. The number of rotatable bonds is 9. The molecule has 2 amide bonds. The van der Waals surface area contributed by atoms with Gasteiger partial charge in [0.25, 0.3) is 11.8 Å². The van der Waals surface area contributed by atoms with Crippen molar-refractivity contribution in [3.63, 3.8) is 0 Å². The molecule has 0 aliphatic rings. The van der Waals surface area contributed by atoms with Crippen LogP contribution in [0.5, 0.6) is 17.2 Å². The Labute approximate surface area is 186 Å². The number of carbonyl (C=O) groups excluding carboxylic acids is 2. The molecule has 3 rings (SSSR count). The normalized spacial score (nSPS) is 10.7. The van der Waals surface area contributed by atoms with Crippen molar-refractivity contribution in [2.45, 2.75) is 6.92 Å². The topological polar surface area (TPSA) is 98.2 Å². The average Bonchev–Trinajstić information content (AvgIpc) is 2.83. The Morgan fingerprint density at radius 3 is 2.38 bits per heavy atom. The molecule has 166 valence electrons. The van der Waals surface area contributed by atoms with Gasteiger partial charge in [-0.3, -0.25) is 9.59 Å². The Morgan fingerprint density at radius 1 is 0.938 bits per heavy atom.